The topological polar surface area (TPSA) is 43.6 Å². The fourth-order valence-corrected chi connectivity index (χ4v) is 3.35. The molecule has 2 aromatic carbocycles. The van der Waals surface area contributed by atoms with E-state index in [0.717, 1.165) is 32.5 Å². The van der Waals surface area contributed by atoms with Crippen LogP contribution in [0.5, 0.6) is 0 Å². The zero-order valence-electron chi connectivity index (χ0n) is 12.5. The predicted octanol–water partition coefficient (Wildman–Crippen LogP) is 4.18. The van der Waals surface area contributed by atoms with Gasteiger partial charge < -0.3 is 4.57 Å². The summed E-state index contributed by atoms with van der Waals surface area (Å²) >= 11 is 1.61. The molecule has 0 saturated carbocycles. The third kappa shape index (κ3) is 2.59. The highest BCUT2D eigenvalue weighted by molar-refractivity contribution is 7.99. The van der Waals surface area contributed by atoms with Gasteiger partial charge >= 0.3 is 0 Å². The summed E-state index contributed by atoms with van der Waals surface area (Å²) in [6.07, 6.45) is 1.60. The van der Waals surface area contributed by atoms with Crippen LogP contribution in [0.4, 0.5) is 0 Å². The molecular weight excluding hydrogens is 304 g/mol. The minimum Gasteiger partial charge on any atom is -0.312 e. The number of hydrogen-bond donors (Lipinski definition) is 0. The maximum absolute atomic E-state index is 4.80. The van der Waals surface area contributed by atoms with Gasteiger partial charge in [0, 0.05) is 17.5 Å². The molecule has 0 amide bonds. The van der Waals surface area contributed by atoms with Crippen LogP contribution in [0.1, 0.15) is 0 Å². The van der Waals surface area contributed by atoms with Gasteiger partial charge in [0.25, 0.3) is 0 Å². The van der Waals surface area contributed by atoms with Crippen molar-refractivity contribution in [2.75, 3.05) is 0 Å². The van der Waals surface area contributed by atoms with E-state index in [4.69, 9.17) is 4.98 Å². The summed E-state index contributed by atoms with van der Waals surface area (Å²) in [7, 11) is 1.99. The number of nitrogens with zero attached hydrogens (tertiary/aromatic N) is 4. The quantitative estimate of drug-likeness (QED) is 0.531. The van der Waals surface area contributed by atoms with Gasteiger partial charge in [0.2, 0.25) is 0 Å². The zero-order valence-corrected chi connectivity index (χ0v) is 13.4. The smallest absolute Gasteiger partial charge is 0.164 e. The lowest BCUT2D eigenvalue weighted by Gasteiger charge is -2.01. The van der Waals surface area contributed by atoms with Crippen LogP contribution in [0.2, 0.25) is 0 Å². The van der Waals surface area contributed by atoms with Crippen LogP contribution in [0.25, 0.3) is 22.6 Å². The zero-order chi connectivity index (χ0) is 15.6. The monoisotopic (exact) mass is 318 g/mol. The van der Waals surface area contributed by atoms with Crippen LogP contribution in [-0.2, 0) is 7.05 Å². The maximum atomic E-state index is 4.80. The van der Waals surface area contributed by atoms with Gasteiger partial charge in [-0.25, -0.2) is 15.0 Å². The summed E-state index contributed by atoms with van der Waals surface area (Å²) in [5.74, 6) is 0.899. The molecule has 4 rings (SSSR count). The van der Waals surface area contributed by atoms with Gasteiger partial charge in [0.05, 0.1) is 0 Å². The number of aromatic nitrogens is 4. The minimum atomic E-state index is 0.836. The molecule has 0 aliphatic heterocycles. The van der Waals surface area contributed by atoms with Gasteiger partial charge in [-0.3, -0.25) is 0 Å². The summed E-state index contributed by atoms with van der Waals surface area (Å²) < 4.78 is 2.02. The van der Waals surface area contributed by atoms with E-state index in [2.05, 4.69) is 34.2 Å². The van der Waals surface area contributed by atoms with Crippen LogP contribution in [-0.4, -0.2) is 19.5 Å². The fraction of sp³-hybridized carbons (Fsp3) is 0.0556. The summed E-state index contributed by atoms with van der Waals surface area (Å²) in [6.45, 7) is 0. The Morgan fingerprint density at radius 3 is 2.30 bits per heavy atom. The molecule has 23 heavy (non-hydrogen) atoms. The molecule has 0 N–H and O–H groups in total. The lowest BCUT2D eigenvalue weighted by molar-refractivity contribution is 0.935. The van der Waals surface area contributed by atoms with Crippen molar-refractivity contribution in [3.63, 3.8) is 0 Å². The molecule has 0 saturated heterocycles. The molecule has 2 heterocycles. The first-order chi connectivity index (χ1) is 11.3. The SMILES string of the molecule is Cn1c(-c2ccccc2)nc2c(Sc3ccccc3)ncnc21. The van der Waals surface area contributed by atoms with E-state index < -0.39 is 0 Å². The van der Waals surface area contributed by atoms with Crippen LogP contribution in [0.15, 0.2) is 76.9 Å². The number of rotatable bonds is 3. The van der Waals surface area contributed by atoms with Gasteiger partial charge in [-0.1, -0.05) is 60.3 Å². The third-order valence-electron chi connectivity index (χ3n) is 3.61. The molecule has 0 aliphatic carbocycles. The molecule has 0 atom stereocenters. The summed E-state index contributed by atoms with van der Waals surface area (Å²) in [5.41, 5.74) is 2.75. The third-order valence-corrected chi connectivity index (χ3v) is 4.61. The van der Waals surface area contributed by atoms with E-state index in [1.54, 1.807) is 18.1 Å². The predicted molar refractivity (Wildman–Crippen MR) is 92.3 cm³/mol. The van der Waals surface area contributed by atoms with Crippen molar-refractivity contribution in [1.82, 2.24) is 19.5 Å². The normalized spacial score (nSPS) is 11.0. The lowest BCUT2D eigenvalue weighted by Crippen LogP contribution is -1.94. The average Bonchev–Trinajstić information content (AvgIpc) is 2.95. The van der Waals surface area contributed by atoms with E-state index in [1.807, 2.05) is 48.0 Å². The first kappa shape index (κ1) is 14.0. The largest absolute Gasteiger partial charge is 0.312 e. The molecule has 0 fully saturated rings. The molecule has 4 nitrogen and oxygen atoms in total. The molecule has 0 radical (unpaired) electrons. The maximum Gasteiger partial charge on any atom is 0.164 e. The Hall–Kier alpha value is -2.66. The van der Waals surface area contributed by atoms with Crippen molar-refractivity contribution in [3.8, 4) is 11.4 Å². The summed E-state index contributed by atoms with van der Waals surface area (Å²) in [4.78, 5) is 14.8. The Kier molecular flexibility index (Phi) is 3.55. The molecule has 5 heteroatoms. The molecule has 2 aromatic heterocycles. The van der Waals surface area contributed by atoms with E-state index in [-0.39, 0.29) is 0 Å². The number of hydrogen-bond acceptors (Lipinski definition) is 4. The summed E-state index contributed by atoms with van der Waals surface area (Å²) in [5, 5.41) is 0.874. The number of benzene rings is 2. The van der Waals surface area contributed by atoms with Crippen molar-refractivity contribution >= 4 is 22.9 Å². The van der Waals surface area contributed by atoms with Gasteiger partial charge in [-0.2, -0.15) is 0 Å². The summed E-state index contributed by atoms with van der Waals surface area (Å²) in [6, 6.07) is 20.3. The van der Waals surface area contributed by atoms with Crippen molar-refractivity contribution in [2.45, 2.75) is 9.92 Å². The van der Waals surface area contributed by atoms with Crippen LogP contribution >= 0.6 is 11.8 Å². The first-order valence-corrected chi connectivity index (χ1v) is 8.10. The van der Waals surface area contributed by atoms with Crippen molar-refractivity contribution < 1.29 is 0 Å². The highest BCUT2D eigenvalue weighted by atomic mass is 32.2. The standard InChI is InChI=1S/C18H14N4S/c1-22-16(13-8-4-2-5-9-13)21-15-17(22)19-12-20-18(15)23-14-10-6-3-7-11-14/h2-12H,1H3. The molecule has 0 aliphatic rings. The van der Waals surface area contributed by atoms with Crippen molar-refractivity contribution in [1.29, 1.82) is 0 Å². The lowest BCUT2D eigenvalue weighted by atomic mass is 10.2. The van der Waals surface area contributed by atoms with Gasteiger partial charge in [0.1, 0.15) is 22.7 Å². The fourth-order valence-electron chi connectivity index (χ4n) is 2.50. The number of fused-ring (bicyclic) bond motifs is 1. The van der Waals surface area contributed by atoms with Crippen molar-refractivity contribution in [3.05, 3.63) is 67.0 Å². The highest BCUT2D eigenvalue weighted by Gasteiger charge is 2.15. The molecule has 4 aromatic rings. The van der Waals surface area contributed by atoms with Crippen LogP contribution in [0.3, 0.4) is 0 Å². The number of aryl methyl sites for hydroxylation is 1. The van der Waals surface area contributed by atoms with E-state index in [1.165, 1.54) is 0 Å². The molecular formula is C18H14N4S. The van der Waals surface area contributed by atoms with E-state index in [9.17, 15) is 0 Å². The molecule has 0 bridgehead atoms. The number of imidazole rings is 1. The van der Waals surface area contributed by atoms with E-state index in [0.29, 0.717) is 0 Å². The molecule has 0 spiro atoms. The Bertz CT molecular complexity index is 949. The molecule has 0 unspecified atom stereocenters. The Balaban J connectivity index is 1.85. The van der Waals surface area contributed by atoms with Gasteiger partial charge in [0.15, 0.2) is 5.65 Å². The Morgan fingerprint density at radius 1 is 0.870 bits per heavy atom. The molecule has 112 valence electrons. The van der Waals surface area contributed by atoms with Gasteiger partial charge in [-0.05, 0) is 12.1 Å². The van der Waals surface area contributed by atoms with Crippen LogP contribution < -0.4 is 0 Å². The second-order valence-corrected chi connectivity index (χ2v) is 6.19. The second-order valence-electron chi connectivity index (χ2n) is 5.13. The van der Waals surface area contributed by atoms with E-state index >= 15 is 0 Å². The minimum absolute atomic E-state index is 0.836. The second kappa shape index (κ2) is 5.85. The van der Waals surface area contributed by atoms with Gasteiger partial charge in [-0.15, -0.1) is 0 Å². The average molecular weight is 318 g/mol. The Morgan fingerprint density at radius 2 is 1.57 bits per heavy atom. The van der Waals surface area contributed by atoms with Crippen molar-refractivity contribution in [2.24, 2.45) is 7.05 Å². The first-order valence-electron chi connectivity index (χ1n) is 7.28. The highest BCUT2D eigenvalue weighted by Crippen LogP contribution is 2.32. The van der Waals surface area contributed by atoms with Crippen LogP contribution in [0, 0.1) is 0 Å². The Labute approximate surface area is 138 Å².